The maximum atomic E-state index is 13.2. The highest BCUT2D eigenvalue weighted by Gasteiger charge is 2.28. The average molecular weight is 627 g/mol. The Labute approximate surface area is 256 Å². The SMILES string of the molecule is CC(C)[C@H](NC(=O)CCCCCN1C(=O)C=CC1=O)C(=O)N[C@@H](CCCNC(N)=O)C(=O)NCCOCCOCCC(=O)O. The normalized spacial score (nSPS) is 13.9. The number of primary amides is 1. The van der Waals surface area contributed by atoms with E-state index in [1.165, 1.54) is 12.2 Å². The van der Waals surface area contributed by atoms with Crippen molar-refractivity contribution in [3.05, 3.63) is 12.2 Å². The lowest BCUT2D eigenvalue weighted by Gasteiger charge is -2.25. The number of aliphatic carboxylic acids is 1. The summed E-state index contributed by atoms with van der Waals surface area (Å²) in [5, 5.41) is 19.1. The summed E-state index contributed by atoms with van der Waals surface area (Å²) in [6, 6.07) is -2.58. The first-order valence-electron chi connectivity index (χ1n) is 14.7. The molecule has 1 heterocycles. The van der Waals surface area contributed by atoms with Crippen molar-refractivity contribution in [1.82, 2.24) is 26.2 Å². The molecule has 7 amide bonds. The Balaban J connectivity index is 2.53. The standard InChI is InChI=1S/C28H46N6O10/c1-19(2)25(33-21(35)8-4-3-5-14-34-22(36)9-10-23(34)37)27(41)32-20(7-6-12-31-28(29)42)26(40)30-13-16-44-18-17-43-15-11-24(38)39/h9-10,19-20,25H,3-8,11-18H2,1-2H3,(H,30,40)(H,32,41)(H,33,35)(H,38,39)(H3,29,31,42)/t20-,25-/m0/s1. The highest BCUT2D eigenvalue weighted by Crippen LogP contribution is 2.09. The quantitative estimate of drug-likeness (QED) is 0.0574. The van der Waals surface area contributed by atoms with Gasteiger partial charge in [-0.15, -0.1) is 0 Å². The lowest BCUT2D eigenvalue weighted by atomic mass is 10.0. The van der Waals surface area contributed by atoms with Crippen molar-refractivity contribution in [2.75, 3.05) is 46.1 Å². The Hall–Kier alpha value is -4.05. The van der Waals surface area contributed by atoms with Crippen LogP contribution in [0.25, 0.3) is 0 Å². The number of carboxylic acids is 1. The maximum Gasteiger partial charge on any atom is 0.312 e. The zero-order valence-corrected chi connectivity index (χ0v) is 25.4. The zero-order valence-electron chi connectivity index (χ0n) is 25.4. The molecule has 1 rings (SSSR count). The molecule has 248 valence electrons. The highest BCUT2D eigenvalue weighted by atomic mass is 16.5. The van der Waals surface area contributed by atoms with Gasteiger partial charge in [0.15, 0.2) is 0 Å². The summed E-state index contributed by atoms with van der Waals surface area (Å²) in [5.41, 5.74) is 5.09. The van der Waals surface area contributed by atoms with Gasteiger partial charge < -0.3 is 41.6 Å². The van der Waals surface area contributed by atoms with E-state index in [0.29, 0.717) is 25.7 Å². The van der Waals surface area contributed by atoms with Crippen LogP contribution in [0.2, 0.25) is 0 Å². The Morgan fingerprint density at radius 1 is 0.818 bits per heavy atom. The van der Waals surface area contributed by atoms with Crippen LogP contribution in [0.1, 0.15) is 58.8 Å². The maximum absolute atomic E-state index is 13.2. The molecule has 2 atom stereocenters. The molecule has 0 aromatic rings. The van der Waals surface area contributed by atoms with Crippen LogP contribution in [-0.2, 0) is 38.2 Å². The first kappa shape index (κ1) is 38.0. The zero-order chi connectivity index (χ0) is 32.9. The lowest BCUT2D eigenvalue weighted by molar-refractivity contribution is -0.139. The van der Waals surface area contributed by atoms with E-state index >= 15 is 0 Å². The number of carbonyl (C=O) groups excluding carboxylic acids is 6. The molecule has 16 heteroatoms. The van der Waals surface area contributed by atoms with Crippen molar-refractivity contribution in [2.24, 2.45) is 11.7 Å². The molecule has 0 radical (unpaired) electrons. The molecule has 44 heavy (non-hydrogen) atoms. The van der Waals surface area contributed by atoms with E-state index < -0.39 is 35.9 Å². The van der Waals surface area contributed by atoms with E-state index in [4.69, 9.17) is 20.3 Å². The molecule has 0 aromatic heterocycles. The smallest absolute Gasteiger partial charge is 0.312 e. The van der Waals surface area contributed by atoms with Gasteiger partial charge in [0.2, 0.25) is 17.7 Å². The van der Waals surface area contributed by atoms with Gasteiger partial charge in [0.25, 0.3) is 11.8 Å². The van der Waals surface area contributed by atoms with Crippen LogP contribution in [0.15, 0.2) is 12.2 Å². The molecule has 0 saturated carbocycles. The van der Waals surface area contributed by atoms with E-state index in [2.05, 4.69) is 21.3 Å². The molecule has 0 aliphatic carbocycles. The number of nitrogens with one attached hydrogen (secondary N) is 4. The fraction of sp³-hybridized carbons (Fsp3) is 0.679. The van der Waals surface area contributed by atoms with Crippen molar-refractivity contribution in [3.63, 3.8) is 0 Å². The number of hydrogen-bond acceptors (Lipinski definition) is 9. The van der Waals surface area contributed by atoms with Gasteiger partial charge in [0, 0.05) is 38.2 Å². The number of nitrogens with two attached hydrogens (primary N) is 1. The monoisotopic (exact) mass is 626 g/mol. The topological polar surface area (TPSA) is 236 Å². The highest BCUT2D eigenvalue weighted by molar-refractivity contribution is 6.12. The molecular weight excluding hydrogens is 580 g/mol. The molecule has 16 nitrogen and oxygen atoms in total. The molecule has 0 saturated heterocycles. The van der Waals surface area contributed by atoms with Crippen LogP contribution in [0.4, 0.5) is 4.79 Å². The third-order valence-electron chi connectivity index (χ3n) is 6.43. The Bertz CT molecular complexity index is 1000. The number of imide groups is 1. The molecule has 7 N–H and O–H groups in total. The van der Waals surface area contributed by atoms with Crippen LogP contribution in [-0.4, -0.2) is 110 Å². The van der Waals surface area contributed by atoms with Crippen molar-refractivity contribution in [2.45, 2.75) is 70.9 Å². The van der Waals surface area contributed by atoms with Crippen LogP contribution >= 0.6 is 0 Å². The second-order valence-corrected chi connectivity index (χ2v) is 10.4. The minimum atomic E-state index is -0.958. The fourth-order valence-corrected chi connectivity index (χ4v) is 4.06. The summed E-state index contributed by atoms with van der Waals surface area (Å²) in [4.78, 5) is 84.4. The van der Waals surface area contributed by atoms with Crippen LogP contribution < -0.4 is 27.0 Å². The first-order chi connectivity index (χ1) is 20.9. The minimum Gasteiger partial charge on any atom is -0.481 e. The average Bonchev–Trinajstić information content (AvgIpc) is 3.27. The van der Waals surface area contributed by atoms with Crippen molar-refractivity contribution in [3.8, 4) is 0 Å². The van der Waals surface area contributed by atoms with Crippen LogP contribution in [0.3, 0.4) is 0 Å². The van der Waals surface area contributed by atoms with Crippen molar-refractivity contribution >= 4 is 41.5 Å². The number of nitrogens with zero attached hydrogens (tertiary/aromatic N) is 1. The first-order valence-corrected chi connectivity index (χ1v) is 14.7. The fourth-order valence-electron chi connectivity index (χ4n) is 4.06. The number of unbranched alkanes of at least 4 members (excludes halogenated alkanes) is 2. The number of ether oxygens (including phenoxy) is 2. The van der Waals surface area contributed by atoms with Gasteiger partial charge >= 0.3 is 12.0 Å². The van der Waals surface area contributed by atoms with E-state index in [1.807, 2.05) is 0 Å². The summed E-state index contributed by atoms with van der Waals surface area (Å²) in [6.07, 6.45) is 4.66. The van der Waals surface area contributed by atoms with E-state index in [9.17, 15) is 33.6 Å². The van der Waals surface area contributed by atoms with Gasteiger partial charge in [-0.25, -0.2) is 4.79 Å². The van der Waals surface area contributed by atoms with E-state index in [0.717, 1.165) is 4.90 Å². The number of amides is 7. The number of carbonyl (C=O) groups is 7. The summed E-state index contributed by atoms with van der Waals surface area (Å²) in [7, 11) is 0. The van der Waals surface area contributed by atoms with Crippen molar-refractivity contribution < 1.29 is 48.1 Å². The van der Waals surface area contributed by atoms with E-state index in [-0.39, 0.29) is 89.0 Å². The molecule has 0 unspecified atom stereocenters. The van der Waals surface area contributed by atoms with Gasteiger partial charge in [-0.1, -0.05) is 20.3 Å². The van der Waals surface area contributed by atoms with Crippen LogP contribution in [0, 0.1) is 5.92 Å². The van der Waals surface area contributed by atoms with Gasteiger partial charge in [0.1, 0.15) is 12.1 Å². The molecule has 0 spiro atoms. The third kappa shape index (κ3) is 16.6. The second-order valence-electron chi connectivity index (χ2n) is 10.4. The number of urea groups is 1. The summed E-state index contributed by atoms with van der Waals surface area (Å²) < 4.78 is 10.5. The van der Waals surface area contributed by atoms with E-state index in [1.54, 1.807) is 13.8 Å². The Morgan fingerprint density at radius 2 is 1.48 bits per heavy atom. The van der Waals surface area contributed by atoms with Gasteiger partial charge in [-0.2, -0.15) is 0 Å². The number of hydrogen-bond donors (Lipinski definition) is 6. The molecular formula is C28H46N6O10. The number of rotatable bonds is 24. The predicted molar refractivity (Wildman–Crippen MR) is 157 cm³/mol. The van der Waals surface area contributed by atoms with Gasteiger partial charge in [-0.05, 0) is 31.6 Å². The number of carboxylic acid groups (broad SMARTS) is 1. The predicted octanol–water partition coefficient (Wildman–Crippen LogP) is -0.830. The Morgan fingerprint density at radius 3 is 2.09 bits per heavy atom. The minimum absolute atomic E-state index is 0.0720. The molecule has 1 aliphatic rings. The largest absolute Gasteiger partial charge is 0.481 e. The molecule has 0 aromatic carbocycles. The second kappa shape index (κ2) is 21.6. The van der Waals surface area contributed by atoms with Gasteiger partial charge in [-0.3, -0.25) is 33.7 Å². The summed E-state index contributed by atoms with van der Waals surface area (Å²) >= 11 is 0. The third-order valence-corrected chi connectivity index (χ3v) is 6.43. The van der Waals surface area contributed by atoms with Crippen LogP contribution in [0.5, 0.6) is 0 Å². The summed E-state index contributed by atoms with van der Waals surface area (Å²) in [5.74, 6) is -3.29. The Kier molecular flexibility index (Phi) is 18.7. The molecule has 1 aliphatic heterocycles. The molecule has 0 bridgehead atoms. The molecule has 0 fully saturated rings. The van der Waals surface area contributed by atoms with Crippen molar-refractivity contribution in [1.29, 1.82) is 0 Å². The lowest BCUT2D eigenvalue weighted by Crippen LogP contribution is -2.55. The summed E-state index contributed by atoms with van der Waals surface area (Å²) in [6.45, 7) is 4.77. The van der Waals surface area contributed by atoms with Gasteiger partial charge in [0.05, 0.1) is 32.8 Å².